The van der Waals surface area contributed by atoms with Crippen LogP contribution < -0.4 is 10.6 Å². The van der Waals surface area contributed by atoms with Gasteiger partial charge >= 0.3 is 0 Å². The van der Waals surface area contributed by atoms with E-state index in [2.05, 4.69) is 20.6 Å². The summed E-state index contributed by atoms with van der Waals surface area (Å²) in [6.45, 7) is 4.05. The lowest BCUT2D eigenvalue weighted by atomic mass is 10.1. The van der Waals surface area contributed by atoms with E-state index in [0.717, 1.165) is 11.3 Å². The van der Waals surface area contributed by atoms with E-state index >= 15 is 0 Å². The van der Waals surface area contributed by atoms with Gasteiger partial charge in [-0.25, -0.2) is 14.4 Å². The van der Waals surface area contributed by atoms with Crippen LogP contribution in [0.5, 0.6) is 0 Å². The average Bonchev–Trinajstić information content (AvgIpc) is 2.59. The first kappa shape index (κ1) is 16.6. The van der Waals surface area contributed by atoms with Gasteiger partial charge in [0.2, 0.25) is 0 Å². The van der Waals surface area contributed by atoms with Crippen molar-refractivity contribution >= 4 is 23.1 Å². The number of nitrogens with zero attached hydrogens (tertiary/aromatic N) is 2. The first-order valence-corrected chi connectivity index (χ1v) is 7.75. The number of carbonyl (C=O) groups excluding carboxylic acids is 1. The van der Waals surface area contributed by atoms with Crippen LogP contribution in [0.4, 0.5) is 21.6 Å². The highest BCUT2D eigenvalue weighted by atomic mass is 19.1. The number of hydrogen-bond donors (Lipinski definition) is 2. The fourth-order valence-electron chi connectivity index (χ4n) is 2.30. The van der Waals surface area contributed by atoms with Crippen molar-refractivity contribution < 1.29 is 9.18 Å². The number of halogens is 1. The Balaban J connectivity index is 1.71. The zero-order valence-corrected chi connectivity index (χ0v) is 13.9. The van der Waals surface area contributed by atoms with Crippen molar-refractivity contribution in [2.24, 2.45) is 0 Å². The second-order valence-corrected chi connectivity index (χ2v) is 5.62. The molecule has 25 heavy (non-hydrogen) atoms. The van der Waals surface area contributed by atoms with E-state index in [1.165, 1.54) is 36.2 Å². The first-order valence-electron chi connectivity index (χ1n) is 7.75. The average molecular weight is 336 g/mol. The third kappa shape index (κ3) is 3.98. The van der Waals surface area contributed by atoms with E-state index in [-0.39, 0.29) is 5.69 Å². The number of aryl methyl sites for hydroxylation is 1. The molecule has 0 unspecified atom stereocenters. The van der Waals surface area contributed by atoms with Gasteiger partial charge in [-0.2, -0.15) is 0 Å². The van der Waals surface area contributed by atoms with Gasteiger partial charge in [0.15, 0.2) is 0 Å². The predicted octanol–water partition coefficient (Wildman–Crippen LogP) is 4.23. The van der Waals surface area contributed by atoms with Crippen molar-refractivity contribution in [1.29, 1.82) is 0 Å². The van der Waals surface area contributed by atoms with Crippen molar-refractivity contribution in [2.45, 2.75) is 13.8 Å². The van der Waals surface area contributed by atoms with Crippen molar-refractivity contribution in [2.75, 3.05) is 10.6 Å². The van der Waals surface area contributed by atoms with Gasteiger partial charge < -0.3 is 10.6 Å². The molecule has 6 heteroatoms. The van der Waals surface area contributed by atoms with Crippen LogP contribution in [0.2, 0.25) is 0 Å². The summed E-state index contributed by atoms with van der Waals surface area (Å²) in [5.74, 6) is -0.329. The van der Waals surface area contributed by atoms with Gasteiger partial charge in [0.05, 0.1) is 12.4 Å². The number of benzene rings is 2. The molecule has 0 atom stereocenters. The SMILES string of the molecule is Cc1cccc(Nc2cnc(C(=O)Nc3cccc(F)c3)cn2)c1C. The Bertz CT molecular complexity index is 910. The van der Waals surface area contributed by atoms with Crippen LogP contribution in [0.3, 0.4) is 0 Å². The Morgan fingerprint density at radius 2 is 1.84 bits per heavy atom. The van der Waals surface area contributed by atoms with Crippen molar-refractivity contribution in [3.05, 3.63) is 77.5 Å². The van der Waals surface area contributed by atoms with Crippen LogP contribution in [0.15, 0.2) is 54.9 Å². The predicted molar refractivity (Wildman–Crippen MR) is 95.6 cm³/mol. The highest BCUT2D eigenvalue weighted by Crippen LogP contribution is 2.21. The number of aromatic nitrogens is 2. The van der Waals surface area contributed by atoms with Crippen molar-refractivity contribution in [3.8, 4) is 0 Å². The highest BCUT2D eigenvalue weighted by Gasteiger charge is 2.09. The minimum atomic E-state index is -0.448. The largest absolute Gasteiger partial charge is 0.339 e. The molecule has 3 rings (SSSR count). The maximum absolute atomic E-state index is 13.2. The van der Waals surface area contributed by atoms with Gasteiger partial charge in [-0.3, -0.25) is 4.79 Å². The summed E-state index contributed by atoms with van der Waals surface area (Å²) < 4.78 is 13.2. The molecule has 0 saturated heterocycles. The number of amides is 1. The monoisotopic (exact) mass is 336 g/mol. The van der Waals surface area contributed by atoms with E-state index < -0.39 is 11.7 Å². The van der Waals surface area contributed by atoms with E-state index in [0.29, 0.717) is 11.5 Å². The molecule has 2 N–H and O–H groups in total. The minimum absolute atomic E-state index is 0.149. The molecular formula is C19H17FN4O. The summed E-state index contributed by atoms with van der Waals surface area (Å²) >= 11 is 0. The number of hydrogen-bond acceptors (Lipinski definition) is 4. The number of anilines is 3. The van der Waals surface area contributed by atoms with Gasteiger partial charge in [-0.1, -0.05) is 18.2 Å². The molecule has 0 aliphatic carbocycles. The van der Waals surface area contributed by atoms with Gasteiger partial charge in [0.25, 0.3) is 5.91 Å². The molecule has 0 saturated carbocycles. The Morgan fingerprint density at radius 3 is 2.56 bits per heavy atom. The maximum Gasteiger partial charge on any atom is 0.275 e. The van der Waals surface area contributed by atoms with Gasteiger partial charge in [-0.15, -0.1) is 0 Å². The topological polar surface area (TPSA) is 66.9 Å². The number of nitrogens with one attached hydrogen (secondary N) is 2. The summed E-state index contributed by atoms with van der Waals surface area (Å²) in [6.07, 6.45) is 2.87. The van der Waals surface area contributed by atoms with E-state index in [9.17, 15) is 9.18 Å². The third-order valence-electron chi connectivity index (χ3n) is 3.83. The van der Waals surface area contributed by atoms with Crippen molar-refractivity contribution in [3.63, 3.8) is 0 Å². The molecule has 0 aliphatic heterocycles. The van der Waals surface area contributed by atoms with E-state index in [1.807, 2.05) is 32.0 Å². The Labute approximate surface area is 145 Å². The molecule has 0 spiro atoms. The van der Waals surface area contributed by atoms with Crippen LogP contribution in [0, 0.1) is 19.7 Å². The fourth-order valence-corrected chi connectivity index (χ4v) is 2.30. The van der Waals surface area contributed by atoms with Crippen LogP contribution in [-0.4, -0.2) is 15.9 Å². The summed E-state index contributed by atoms with van der Waals surface area (Å²) in [6, 6.07) is 11.6. The number of carbonyl (C=O) groups is 1. The van der Waals surface area contributed by atoms with Crippen LogP contribution in [0.25, 0.3) is 0 Å². The van der Waals surface area contributed by atoms with Crippen LogP contribution in [0.1, 0.15) is 21.6 Å². The molecule has 126 valence electrons. The van der Waals surface area contributed by atoms with Crippen LogP contribution in [-0.2, 0) is 0 Å². The van der Waals surface area contributed by atoms with Crippen molar-refractivity contribution in [1.82, 2.24) is 9.97 Å². The lowest BCUT2D eigenvalue weighted by Crippen LogP contribution is -2.14. The Morgan fingerprint density at radius 1 is 1.04 bits per heavy atom. The molecular weight excluding hydrogens is 319 g/mol. The normalized spacial score (nSPS) is 10.4. The van der Waals surface area contributed by atoms with Gasteiger partial charge in [0, 0.05) is 11.4 Å². The van der Waals surface area contributed by atoms with Gasteiger partial charge in [-0.05, 0) is 49.2 Å². The summed E-state index contributed by atoms with van der Waals surface area (Å²) in [5, 5.41) is 5.76. The standard InChI is InChI=1S/C19H17FN4O/c1-12-5-3-8-16(13(12)2)24-18-11-21-17(10-22-18)19(25)23-15-7-4-6-14(20)9-15/h3-11H,1-2H3,(H,22,24)(H,23,25). The lowest BCUT2D eigenvalue weighted by molar-refractivity contribution is 0.102. The molecule has 1 heterocycles. The molecule has 5 nitrogen and oxygen atoms in total. The quantitative estimate of drug-likeness (QED) is 0.748. The molecule has 1 aromatic heterocycles. The molecule has 0 bridgehead atoms. The second-order valence-electron chi connectivity index (χ2n) is 5.62. The minimum Gasteiger partial charge on any atom is -0.339 e. The summed E-state index contributed by atoms with van der Waals surface area (Å²) in [5.41, 5.74) is 3.74. The zero-order chi connectivity index (χ0) is 17.8. The summed E-state index contributed by atoms with van der Waals surface area (Å²) in [4.78, 5) is 20.5. The van der Waals surface area contributed by atoms with E-state index in [1.54, 1.807) is 6.07 Å². The Hall–Kier alpha value is -3.28. The molecule has 2 aromatic carbocycles. The smallest absolute Gasteiger partial charge is 0.275 e. The molecule has 3 aromatic rings. The second kappa shape index (κ2) is 7.09. The highest BCUT2D eigenvalue weighted by molar-refractivity contribution is 6.02. The van der Waals surface area contributed by atoms with Gasteiger partial charge in [0.1, 0.15) is 17.3 Å². The molecule has 0 radical (unpaired) electrons. The summed E-state index contributed by atoms with van der Waals surface area (Å²) in [7, 11) is 0. The molecule has 0 aliphatic rings. The molecule has 0 fully saturated rings. The first-order chi connectivity index (χ1) is 12.0. The van der Waals surface area contributed by atoms with Crippen LogP contribution >= 0.6 is 0 Å². The fraction of sp³-hybridized carbons (Fsp3) is 0.105. The Kier molecular flexibility index (Phi) is 4.70. The number of rotatable bonds is 4. The lowest BCUT2D eigenvalue weighted by Gasteiger charge is -2.10. The zero-order valence-electron chi connectivity index (χ0n) is 13.9. The van der Waals surface area contributed by atoms with E-state index in [4.69, 9.17) is 0 Å². The third-order valence-corrected chi connectivity index (χ3v) is 3.83. The molecule has 1 amide bonds. The maximum atomic E-state index is 13.2.